The van der Waals surface area contributed by atoms with Gasteiger partial charge < -0.3 is 10.1 Å². The van der Waals surface area contributed by atoms with Gasteiger partial charge in [0.25, 0.3) is 0 Å². The van der Waals surface area contributed by atoms with E-state index in [9.17, 15) is 4.79 Å². The van der Waals surface area contributed by atoms with Gasteiger partial charge in [0.15, 0.2) is 0 Å². The molecule has 2 rings (SSSR count). The van der Waals surface area contributed by atoms with Gasteiger partial charge in [0.05, 0.1) is 19.3 Å². The van der Waals surface area contributed by atoms with Crippen molar-refractivity contribution < 1.29 is 14.4 Å². The van der Waals surface area contributed by atoms with Crippen LogP contribution < -0.4 is 10.1 Å². The van der Waals surface area contributed by atoms with Gasteiger partial charge in [0.1, 0.15) is 10.9 Å². The molecule has 2 aromatic rings. The number of carbonyl (C=O) groups excluding carboxylic acids is 1. The quantitative estimate of drug-likeness (QED) is 0.370. The summed E-state index contributed by atoms with van der Waals surface area (Å²) >= 11 is 5.89. The number of carbonyl (C=O) groups is 1. The lowest BCUT2D eigenvalue weighted by molar-refractivity contribution is -0.215. The summed E-state index contributed by atoms with van der Waals surface area (Å²) in [7, 11) is 1.65. The molecule has 1 atom stereocenters. The van der Waals surface area contributed by atoms with Gasteiger partial charge in [-0.2, -0.15) is 0 Å². The molecule has 28 heavy (non-hydrogen) atoms. The van der Waals surface area contributed by atoms with Crippen molar-refractivity contribution in [3.63, 3.8) is 0 Å². The third-order valence-corrected chi connectivity index (χ3v) is 4.20. The van der Waals surface area contributed by atoms with Gasteiger partial charge in [-0.15, -0.1) is 0 Å². The number of ether oxygens (including phenoxy) is 1. The normalized spacial score (nSPS) is 12.5. The first-order valence-electron chi connectivity index (χ1n) is 9.19. The number of hydrogen-bond donors (Lipinski definition) is 1. The second-order valence-electron chi connectivity index (χ2n) is 7.42. The number of benzene rings is 1. The Morgan fingerprint density at radius 1 is 1.21 bits per heavy atom. The zero-order valence-corrected chi connectivity index (χ0v) is 17.6. The van der Waals surface area contributed by atoms with Gasteiger partial charge in [-0.3, -0.25) is 9.63 Å². The fraction of sp³-hybridized carbons (Fsp3) is 0.429. The van der Waals surface area contributed by atoms with Gasteiger partial charge in [-0.05, 0) is 56.5 Å². The summed E-state index contributed by atoms with van der Waals surface area (Å²) in [6, 6.07) is 11.7. The highest BCUT2D eigenvalue weighted by Crippen LogP contribution is 2.22. The van der Waals surface area contributed by atoms with Crippen LogP contribution in [-0.4, -0.2) is 42.3 Å². The first kappa shape index (κ1) is 22.1. The average molecular weight is 406 g/mol. The SMILES string of the molecule is COc1ccc(C(Cc2ccc(Cl)nc2)NCCN(C=O)OC(C)(C)C)cc1. The number of aromatic nitrogens is 1. The van der Waals surface area contributed by atoms with Crippen LogP contribution in [-0.2, 0) is 16.1 Å². The smallest absolute Gasteiger partial charge is 0.233 e. The summed E-state index contributed by atoms with van der Waals surface area (Å²) in [6.45, 7) is 6.73. The topological polar surface area (TPSA) is 63.7 Å². The van der Waals surface area contributed by atoms with Crippen LogP contribution in [0.4, 0.5) is 0 Å². The largest absolute Gasteiger partial charge is 0.497 e. The molecule has 0 bridgehead atoms. The van der Waals surface area contributed by atoms with E-state index in [2.05, 4.69) is 10.3 Å². The minimum atomic E-state index is -0.425. The van der Waals surface area contributed by atoms with E-state index in [4.69, 9.17) is 21.2 Å². The Balaban J connectivity index is 2.06. The maximum Gasteiger partial charge on any atom is 0.233 e. The number of pyridine rings is 1. The van der Waals surface area contributed by atoms with Gasteiger partial charge in [0.2, 0.25) is 6.41 Å². The molecule has 0 fully saturated rings. The predicted molar refractivity (Wildman–Crippen MR) is 110 cm³/mol. The molecule has 1 amide bonds. The highest BCUT2D eigenvalue weighted by Gasteiger charge is 2.17. The predicted octanol–water partition coefficient (Wildman–Crippen LogP) is 3.81. The van der Waals surface area contributed by atoms with Crippen molar-refractivity contribution in [1.82, 2.24) is 15.4 Å². The number of rotatable bonds is 10. The average Bonchev–Trinajstić information content (AvgIpc) is 2.67. The van der Waals surface area contributed by atoms with E-state index < -0.39 is 5.60 Å². The lowest BCUT2D eigenvalue weighted by Gasteiger charge is -2.27. The number of amides is 1. The van der Waals surface area contributed by atoms with Crippen molar-refractivity contribution in [3.8, 4) is 5.75 Å². The minimum Gasteiger partial charge on any atom is -0.497 e. The molecule has 7 heteroatoms. The summed E-state index contributed by atoms with van der Waals surface area (Å²) in [4.78, 5) is 21.0. The molecule has 0 spiro atoms. The van der Waals surface area contributed by atoms with Gasteiger partial charge in [0, 0.05) is 18.8 Å². The number of hydroxylamine groups is 2. The molecule has 1 heterocycles. The maximum absolute atomic E-state index is 11.3. The van der Waals surface area contributed by atoms with Gasteiger partial charge in [-0.1, -0.05) is 29.8 Å². The molecule has 0 aliphatic carbocycles. The van der Waals surface area contributed by atoms with Crippen molar-refractivity contribution in [3.05, 3.63) is 58.9 Å². The van der Waals surface area contributed by atoms with Gasteiger partial charge >= 0.3 is 0 Å². The second-order valence-corrected chi connectivity index (χ2v) is 7.81. The summed E-state index contributed by atoms with van der Waals surface area (Å²) in [5.74, 6) is 0.807. The number of nitrogens with zero attached hydrogens (tertiary/aromatic N) is 2. The van der Waals surface area contributed by atoms with E-state index in [-0.39, 0.29) is 6.04 Å². The van der Waals surface area contributed by atoms with E-state index in [1.807, 2.05) is 51.1 Å². The van der Waals surface area contributed by atoms with Crippen LogP contribution in [0.1, 0.15) is 37.9 Å². The molecule has 6 nitrogen and oxygen atoms in total. The molecule has 0 aliphatic rings. The molecule has 0 radical (unpaired) electrons. The number of nitrogens with one attached hydrogen (secondary N) is 1. The second kappa shape index (κ2) is 10.4. The lowest BCUT2D eigenvalue weighted by Crippen LogP contribution is -2.38. The van der Waals surface area contributed by atoms with Crippen molar-refractivity contribution in [2.75, 3.05) is 20.2 Å². The zero-order valence-electron chi connectivity index (χ0n) is 16.8. The Kier molecular flexibility index (Phi) is 8.23. The van der Waals surface area contributed by atoms with Crippen molar-refractivity contribution in [2.24, 2.45) is 0 Å². The standard InChI is InChI=1S/C21H28ClN3O3/c1-21(2,3)28-25(15-26)12-11-23-19(13-16-5-10-20(22)24-14-16)17-6-8-18(27-4)9-7-17/h5-10,14-15,19,23H,11-13H2,1-4H3. The molecule has 1 aromatic carbocycles. The van der Waals surface area contributed by atoms with Crippen molar-refractivity contribution >= 4 is 18.0 Å². The zero-order chi connectivity index (χ0) is 20.6. The Morgan fingerprint density at radius 3 is 2.46 bits per heavy atom. The Labute approximate surface area is 171 Å². The fourth-order valence-corrected chi connectivity index (χ4v) is 2.84. The van der Waals surface area contributed by atoms with Crippen LogP contribution in [0.3, 0.4) is 0 Å². The summed E-state index contributed by atoms with van der Waals surface area (Å²) in [5.41, 5.74) is 1.76. The molecule has 1 unspecified atom stereocenters. The van der Waals surface area contributed by atoms with E-state index in [1.54, 1.807) is 19.4 Å². The summed E-state index contributed by atoms with van der Waals surface area (Å²) in [6.07, 6.45) is 3.22. The first-order chi connectivity index (χ1) is 13.3. The number of hydrogen-bond acceptors (Lipinski definition) is 5. The summed E-state index contributed by atoms with van der Waals surface area (Å²) < 4.78 is 5.25. The number of methoxy groups -OCH3 is 1. The van der Waals surface area contributed by atoms with Crippen LogP contribution in [0, 0.1) is 0 Å². The third-order valence-electron chi connectivity index (χ3n) is 3.98. The molecule has 1 N–H and O–H groups in total. The molecule has 1 aromatic heterocycles. The Morgan fingerprint density at radius 2 is 1.93 bits per heavy atom. The Bertz CT molecular complexity index is 730. The molecule has 0 saturated heterocycles. The van der Waals surface area contributed by atoms with E-state index in [0.717, 1.165) is 23.3 Å². The third kappa shape index (κ3) is 7.46. The first-order valence-corrected chi connectivity index (χ1v) is 9.57. The number of halogens is 1. The highest BCUT2D eigenvalue weighted by atomic mass is 35.5. The van der Waals surface area contributed by atoms with Crippen molar-refractivity contribution in [1.29, 1.82) is 0 Å². The molecular weight excluding hydrogens is 378 g/mol. The van der Waals surface area contributed by atoms with Crippen LogP contribution in [0.2, 0.25) is 5.15 Å². The van der Waals surface area contributed by atoms with Gasteiger partial charge in [-0.25, -0.2) is 10.0 Å². The van der Waals surface area contributed by atoms with Crippen LogP contribution >= 0.6 is 11.6 Å². The molecule has 0 aliphatic heterocycles. The van der Waals surface area contributed by atoms with E-state index in [0.29, 0.717) is 24.7 Å². The minimum absolute atomic E-state index is 0.0389. The van der Waals surface area contributed by atoms with Crippen LogP contribution in [0.5, 0.6) is 5.75 Å². The van der Waals surface area contributed by atoms with Crippen LogP contribution in [0.25, 0.3) is 0 Å². The van der Waals surface area contributed by atoms with Crippen molar-refractivity contribution in [2.45, 2.75) is 38.8 Å². The lowest BCUT2D eigenvalue weighted by atomic mass is 9.99. The summed E-state index contributed by atoms with van der Waals surface area (Å²) in [5, 5.41) is 5.30. The highest BCUT2D eigenvalue weighted by molar-refractivity contribution is 6.29. The van der Waals surface area contributed by atoms with E-state index >= 15 is 0 Å². The fourth-order valence-electron chi connectivity index (χ4n) is 2.73. The molecular formula is C21H28ClN3O3. The monoisotopic (exact) mass is 405 g/mol. The molecule has 0 saturated carbocycles. The maximum atomic E-state index is 11.3. The Hall–Kier alpha value is -2.15. The van der Waals surface area contributed by atoms with E-state index in [1.165, 1.54) is 5.06 Å². The van der Waals surface area contributed by atoms with Crippen LogP contribution in [0.15, 0.2) is 42.6 Å². The molecule has 152 valence electrons.